The first-order valence-corrected chi connectivity index (χ1v) is 4.67. The molecule has 4 nitrogen and oxygen atoms in total. The molecule has 0 bridgehead atoms. The van der Waals surface area contributed by atoms with E-state index in [-0.39, 0.29) is 0 Å². The van der Waals surface area contributed by atoms with Crippen LogP contribution in [0.2, 0.25) is 0 Å². The van der Waals surface area contributed by atoms with Crippen LogP contribution in [0, 0.1) is 6.92 Å². The second kappa shape index (κ2) is 3.65. The topological polar surface area (TPSA) is 53.1 Å². The van der Waals surface area contributed by atoms with Gasteiger partial charge in [0.1, 0.15) is 11.4 Å². The maximum Gasteiger partial charge on any atom is 0.144 e. The summed E-state index contributed by atoms with van der Waals surface area (Å²) in [4.78, 5) is 0. The minimum absolute atomic E-state index is 0.681. The van der Waals surface area contributed by atoms with E-state index < -0.39 is 0 Å². The lowest BCUT2D eigenvalue weighted by atomic mass is 10.3. The van der Waals surface area contributed by atoms with Crippen molar-refractivity contribution in [1.82, 2.24) is 9.78 Å². The van der Waals surface area contributed by atoms with Crippen molar-refractivity contribution in [2.75, 3.05) is 12.8 Å². The number of aromatic nitrogens is 2. The zero-order valence-electron chi connectivity index (χ0n) is 8.77. The maximum atomic E-state index is 5.75. The Labute approximate surface area is 88.3 Å². The molecule has 0 aliphatic carbocycles. The fourth-order valence-electron chi connectivity index (χ4n) is 1.47. The quantitative estimate of drug-likeness (QED) is 0.809. The molecule has 78 valence electrons. The van der Waals surface area contributed by atoms with Gasteiger partial charge in [-0.2, -0.15) is 5.10 Å². The van der Waals surface area contributed by atoms with Crippen molar-refractivity contribution in [2.45, 2.75) is 6.92 Å². The van der Waals surface area contributed by atoms with E-state index >= 15 is 0 Å². The van der Waals surface area contributed by atoms with Crippen molar-refractivity contribution in [1.29, 1.82) is 0 Å². The average Bonchev–Trinajstić information content (AvgIpc) is 2.60. The summed E-state index contributed by atoms with van der Waals surface area (Å²) >= 11 is 0. The summed E-state index contributed by atoms with van der Waals surface area (Å²) in [5.41, 5.74) is 8.24. The number of nitrogen functional groups attached to an aromatic ring is 1. The van der Waals surface area contributed by atoms with Gasteiger partial charge in [-0.1, -0.05) is 12.1 Å². The van der Waals surface area contributed by atoms with E-state index in [0.29, 0.717) is 5.69 Å². The summed E-state index contributed by atoms with van der Waals surface area (Å²) in [6.45, 7) is 1.93. The summed E-state index contributed by atoms with van der Waals surface area (Å²) in [5, 5.41) is 4.21. The van der Waals surface area contributed by atoms with E-state index in [2.05, 4.69) is 5.10 Å². The molecule has 0 unspecified atom stereocenters. The van der Waals surface area contributed by atoms with Crippen LogP contribution in [0.4, 0.5) is 5.69 Å². The number of nitrogens with zero attached hydrogens (tertiary/aromatic N) is 2. The summed E-state index contributed by atoms with van der Waals surface area (Å²) in [5.74, 6) is 0.781. The third-order valence-electron chi connectivity index (χ3n) is 2.36. The molecular weight excluding hydrogens is 190 g/mol. The Morgan fingerprint density at radius 3 is 2.67 bits per heavy atom. The third kappa shape index (κ3) is 1.54. The molecule has 1 aromatic heterocycles. The molecule has 0 amide bonds. The molecule has 0 aliphatic heterocycles. The van der Waals surface area contributed by atoms with Gasteiger partial charge < -0.3 is 10.5 Å². The van der Waals surface area contributed by atoms with Crippen molar-refractivity contribution < 1.29 is 4.74 Å². The Kier molecular flexibility index (Phi) is 2.33. The van der Waals surface area contributed by atoms with Crippen LogP contribution in [0.5, 0.6) is 5.75 Å². The Hall–Kier alpha value is -1.97. The predicted octanol–water partition coefficient (Wildman–Crippen LogP) is 1.77. The van der Waals surface area contributed by atoms with Crippen LogP contribution in [-0.2, 0) is 0 Å². The van der Waals surface area contributed by atoms with Crippen molar-refractivity contribution >= 4 is 5.69 Å². The minimum atomic E-state index is 0.681. The van der Waals surface area contributed by atoms with Gasteiger partial charge in [0.2, 0.25) is 0 Å². The Morgan fingerprint density at radius 2 is 2.07 bits per heavy atom. The van der Waals surface area contributed by atoms with E-state index in [1.165, 1.54) is 0 Å². The molecule has 2 N–H and O–H groups in total. The second-order valence-electron chi connectivity index (χ2n) is 3.27. The normalized spacial score (nSPS) is 10.3. The first kappa shape index (κ1) is 9.58. The smallest absolute Gasteiger partial charge is 0.144 e. The average molecular weight is 203 g/mol. The van der Waals surface area contributed by atoms with Crippen molar-refractivity contribution in [2.24, 2.45) is 0 Å². The lowest BCUT2D eigenvalue weighted by Crippen LogP contribution is -2.01. The highest BCUT2D eigenvalue weighted by Gasteiger charge is 2.09. The summed E-state index contributed by atoms with van der Waals surface area (Å²) in [6.07, 6.45) is 1.64. The van der Waals surface area contributed by atoms with Crippen LogP contribution in [0.3, 0.4) is 0 Å². The lowest BCUT2D eigenvalue weighted by Gasteiger charge is -2.09. The molecule has 0 spiro atoms. The Bertz CT molecular complexity index is 476. The van der Waals surface area contributed by atoms with Crippen molar-refractivity contribution in [3.05, 3.63) is 36.2 Å². The first-order valence-electron chi connectivity index (χ1n) is 4.67. The van der Waals surface area contributed by atoms with Gasteiger partial charge in [-0.15, -0.1) is 0 Å². The lowest BCUT2D eigenvalue weighted by molar-refractivity contribution is 0.411. The molecule has 0 aliphatic rings. The zero-order chi connectivity index (χ0) is 10.8. The van der Waals surface area contributed by atoms with Gasteiger partial charge in [0.25, 0.3) is 0 Å². The monoisotopic (exact) mass is 203 g/mol. The number of methoxy groups -OCH3 is 1. The third-order valence-corrected chi connectivity index (χ3v) is 2.36. The van der Waals surface area contributed by atoms with E-state index in [9.17, 15) is 0 Å². The van der Waals surface area contributed by atoms with Crippen LogP contribution >= 0.6 is 0 Å². The number of ether oxygens (including phenoxy) is 1. The van der Waals surface area contributed by atoms with Crippen LogP contribution < -0.4 is 10.5 Å². The summed E-state index contributed by atoms with van der Waals surface area (Å²) < 4.78 is 7.03. The molecule has 1 heterocycles. The van der Waals surface area contributed by atoms with Gasteiger partial charge in [0.15, 0.2) is 0 Å². The van der Waals surface area contributed by atoms with Gasteiger partial charge >= 0.3 is 0 Å². The SMILES string of the molecule is COc1ccccc1-n1ncc(N)c1C. The number of hydrogen-bond donors (Lipinski definition) is 1. The number of anilines is 1. The standard InChI is InChI=1S/C11H13N3O/c1-8-9(12)7-13-14(8)10-5-3-4-6-11(10)15-2/h3-7H,12H2,1-2H3. The highest BCUT2D eigenvalue weighted by atomic mass is 16.5. The van der Waals surface area contributed by atoms with Gasteiger partial charge in [-0.3, -0.25) is 0 Å². The number of rotatable bonds is 2. The van der Waals surface area contributed by atoms with Crippen LogP contribution in [0.1, 0.15) is 5.69 Å². The minimum Gasteiger partial charge on any atom is -0.494 e. The molecule has 0 saturated carbocycles. The van der Waals surface area contributed by atoms with Gasteiger partial charge in [-0.05, 0) is 19.1 Å². The number of para-hydroxylation sites is 2. The predicted molar refractivity (Wildman–Crippen MR) is 59.3 cm³/mol. The number of hydrogen-bond acceptors (Lipinski definition) is 3. The fraction of sp³-hybridized carbons (Fsp3) is 0.182. The molecule has 4 heteroatoms. The van der Waals surface area contributed by atoms with E-state index in [4.69, 9.17) is 10.5 Å². The number of nitrogens with two attached hydrogens (primary N) is 1. The van der Waals surface area contributed by atoms with Crippen molar-refractivity contribution in [3.63, 3.8) is 0 Å². The van der Waals surface area contributed by atoms with E-state index in [1.807, 2.05) is 31.2 Å². The molecular formula is C11H13N3O. The second-order valence-corrected chi connectivity index (χ2v) is 3.27. The molecule has 0 atom stereocenters. The summed E-state index contributed by atoms with van der Waals surface area (Å²) in [6, 6.07) is 7.70. The van der Waals surface area contributed by atoms with E-state index in [1.54, 1.807) is 18.0 Å². The number of benzene rings is 1. The van der Waals surface area contributed by atoms with Crippen LogP contribution in [-0.4, -0.2) is 16.9 Å². The van der Waals surface area contributed by atoms with Crippen molar-refractivity contribution in [3.8, 4) is 11.4 Å². The fourth-order valence-corrected chi connectivity index (χ4v) is 1.47. The van der Waals surface area contributed by atoms with Gasteiger partial charge in [0.05, 0.1) is 24.7 Å². The maximum absolute atomic E-state index is 5.75. The molecule has 1 aromatic carbocycles. The molecule has 2 aromatic rings. The summed E-state index contributed by atoms with van der Waals surface area (Å²) in [7, 11) is 1.64. The first-order chi connectivity index (χ1) is 7.24. The van der Waals surface area contributed by atoms with Crippen LogP contribution in [0.25, 0.3) is 5.69 Å². The molecule has 0 radical (unpaired) electrons. The molecule has 0 fully saturated rings. The molecule has 0 saturated heterocycles. The zero-order valence-corrected chi connectivity index (χ0v) is 8.77. The largest absolute Gasteiger partial charge is 0.494 e. The van der Waals surface area contributed by atoms with Crippen LogP contribution in [0.15, 0.2) is 30.5 Å². The van der Waals surface area contributed by atoms with E-state index in [0.717, 1.165) is 17.1 Å². The van der Waals surface area contributed by atoms with Gasteiger partial charge in [0, 0.05) is 0 Å². The molecule has 2 rings (SSSR count). The van der Waals surface area contributed by atoms with Gasteiger partial charge in [-0.25, -0.2) is 4.68 Å². The highest BCUT2D eigenvalue weighted by molar-refractivity contribution is 5.51. The molecule has 15 heavy (non-hydrogen) atoms. The Balaban J connectivity index is 2.58. The highest BCUT2D eigenvalue weighted by Crippen LogP contribution is 2.24. The Morgan fingerprint density at radius 1 is 1.33 bits per heavy atom.